The van der Waals surface area contributed by atoms with Crippen LogP contribution >= 0.6 is 0 Å². The van der Waals surface area contributed by atoms with Crippen molar-refractivity contribution in [2.24, 2.45) is 0 Å². The molecular weight excluding hydrogens is 310 g/mol. The molecule has 0 bridgehead atoms. The molecule has 0 atom stereocenters. The van der Waals surface area contributed by atoms with E-state index in [9.17, 15) is 14.4 Å². The van der Waals surface area contributed by atoms with Gasteiger partial charge in [-0.2, -0.15) is 0 Å². The van der Waals surface area contributed by atoms with Gasteiger partial charge in [0.25, 0.3) is 5.91 Å². The van der Waals surface area contributed by atoms with E-state index >= 15 is 0 Å². The van der Waals surface area contributed by atoms with Crippen molar-refractivity contribution >= 4 is 17.8 Å². The number of para-hydroxylation sites is 1. The Labute approximate surface area is 138 Å². The van der Waals surface area contributed by atoms with E-state index in [1.54, 1.807) is 6.20 Å². The van der Waals surface area contributed by atoms with Crippen LogP contribution in [0.3, 0.4) is 0 Å². The van der Waals surface area contributed by atoms with Gasteiger partial charge >= 0.3 is 6.03 Å². The fraction of sp³-hybridized carbons (Fsp3) is 0.250. The van der Waals surface area contributed by atoms with Gasteiger partial charge in [0.05, 0.1) is 12.2 Å². The molecule has 2 heterocycles. The van der Waals surface area contributed by atoms with Crippen molar-refractivity contribution < 1.29 is 14.4 Å². The average molecular weight is 327 g/mol. The molecule has 124 valence electrons. The Hall–Kier alpha value is -3.16. The number of hydrogen-bond acceptors (Lipinski definition) is 4. The van der Waals surface area contributed by atoms with Gasteiger partial charge in [-0.05, 0) is 18.6 Å². The Morgan fingerprint density at radius 1 is 1.33 bits per heavy atom. The zero-order valence-corrected chi connectivity index (χ0v) is 13.2. The number of carbonyl (C=O) groups excluding carboxylic acids is 3. The van der Waals surface area contributed by atoms with Crippen LogP contribution in [0.25, 0.3) is 5.69 Å². The van der Waals surface area contributed by atoms with Crippen LogP contribution in [0.2, 0.25) is 0 Å². The molecule has 24 heavy (non-hydrogen) atoms. The summed E-state index contributed by atoms with van der Waals surface area (Å²) in [5.74, 6) is 0.0512. The lowest BCUT2D eigenvalue weighted by molar-refractivity contribution is -0.130. The highest BCUT2D eigenvalue weighted by molar-refractivity contribution is 6.04. The monoisotopic (exact) mass is 327 g/mol. The van der Waals surface area contributed by atoms with Gasteiger partial charge in [-0.15, -0.1) is 0 Å². The van der Waals surface area contributed by atoms with Gasteiger partial charge < -0.3 is 15.2 Å². The van der Waals surface area contributed by atoms with E-state index in [4.69, 9.17) is 0 Å². The van der Waals surface area contributed by atoms with Crippen molar-refractivity contribution in [3.8, 4) is 5.69 Å². The summed E-state index contributed by atoms with van der Waals surface area (Å²) in [6, 6.07) is 7.10. The summed E-state index contributed by atoms with van der Waals surface area (Å²) in [7, 11) is 0. The maximum absolute atomic E-state index is 12.0. The minimum Gasteiger partial charge on any atom is -0.350 e. The topological polar surface area (TPSA) is 96.3 Å². The average Bonchev–Trinajstić information content (AvgIpc) is 3.13. The van der Waals surface area contributed by atoms with Gasteiger partial charge in [-0.3, -0.25) is 14.5 Å². The van der Waals surface area contributed by atoms with E-state index in [0.717, 1.165) is 22.0 Å². The standard InChI is InChI=1S/C16H17N5O3/c1-11-17-6-7-20(11)13-5-3-2-4-12(13)8-18-14(22)10-21-15(23)9-19-16(21)24/h2-7H,8-10H2,1H3,(H,18,22)(H,19,24). The van der Waals surface area contributed by atoms with Gasteiger partial charge in [0.2, 0.25) is 5.91 Å². The molecule has 0 radical (unpaired) electrons. The first kappa shape index (κ1) is 15.7. The quantitative estimate of drug-likeness (QED) is 0.775. The zero-order chi connectivity index (χ0) is 17.1. The Morgan fingerprint density at radius 3 is 2.79 bits per heavy atom. The number of imide groups is 1. The molecule has 1 aliphatic heterocycles. The highest BCUT2D eigenvalue weighted by atomic mass is 16.2. The molecule has 1 aromatic heterocycles. The molecule has 1 fully saturated rings. The molecule has 4 amide bonds. The van der Waals surface area contributed by atoms with Crippen molar-refractivity contribution in [3.63, 3.8) is 0 Å². The number of amides is 4. The number of imidazole rings is 1. The van der Waals surface area contributed by atoms with Crippen LogP contribution in [-0.4, -0.2) is 45.4 Å². The molecule has 8 nitrogen and oxygen atoms in total. The fourth-order valence-corrected chi connectivity index (χ4v) is 2.54. The number of rotatable bonds is 5. The second-order valence-corrected chi connectivity index (χ2v) is 5.39. The molecule has 1 saturated heterocycles. The first-order valence-electron chi connectivity index (χ1n) is 7.49. The van der Waals surface area contributed by atoms with Crippen LogP contribution in [0.1, 0.15) is 11.4 Å². The predicted octanol–water partition coefficient (Wildman–Crippen LogP) is 0.349. The van der Waals surface area contributed by atoms with E-state index in [1.165, 1.54) is 0 Å². The number of urea groups is 1. The highest BCUT2D eigenvalue weighted by Crippen LogP contribution is 2.16. The van der Waals surface area contributed by atoms with Crippen molar-refractivity contribution in [2.75, 3.05) is 13.1 Å². The van der Waals surface area contributed by atoms with Gasteiger partial charge in [0.1, 0.15) is 12.4 Å². The minimum absolute atomic E-state index is 0.0607. The number of carbonyl (C=O) groups is 3. The van der Waals surface area contributed by atoms with Gasteiger partial charge in [-0.1, -0.05) is 18.2 Å². The summed E-state index contributed by atoms with van der Waals surface area (Å²) in [5.41, 5.74) is 1.83. The van der Waals surface area contributed by atoms with Crippen molar-refractivity contribution in [2.45, 2.75) is 13.5 Å². The number of benzene rings is 1. The molecule has 0 spiro atoms. The lowest BCUT2D eigenvalue weighted by Crippen LogP contribution is -2.40. The number of aryl methyl sites for hydroxylation is 1. The maximum atomic E-state index is 12.0. The molecule has 0 unspecified atom stereocenters. The van der Waals surface area contributed by atoms with Crippen molar-refractivity contribution in [3.05, 3.63) is 48.0 Å². The third-order valence-corrected chi connectivity index (χ3v) is 3.79. The van der Waals surface area contributed by atoms with Crippen LogP contribution in [0.15, 0.2) is 36.7 Å². The number of hydrogen-bond donors (Lipinski definition) is 2. The van der Waals surface area contributed by atoms with Crippen LogP contribution < -0.4 is 10.6 Å². The highest BCUT2D eigenvalue weighted by Gasteiger charge is 2.30. The summed E-state index contributed by atoms with van der Waals surface area (Å²) < 4.78 is 1.93. The maximum Gasteiger partial charge on any atom is 0.325 e. The second-order valence-electron chi connectivity index (χ2n) is 5.39. The van der Waals surface area contributed by atoms with E-state index in [2.05, 4.69) is 15.6 Å². The molecule has 1 aliphatic rings. The summed E-state index contributed by atoms with van der Waals surface area (Å²) in [6.07, 6.45) is 3.56. The number of aromatic nitrogens is 2. The molecule has 3 rings (SSSR count). The predicted molar refractivity (Wildman–Crippen MR) is 85.3 cm³/mol. The van der Waals surface area contributed by atoms with Crippen LogP contribution in [0.5, 0.6) is 0 Å². The molecule has 1 aromatic carbocycles. The smallest absolute Gasteiger partial charge is 0.325 e. The zero-order valence-electron chi connectivity index (χ0n) is 13.2. The van der Waals surface area contributed by atoms with E-state index in [1.807, 2.05) is 42.0 Å². The Morgan fingerprint density at radius 2 is 2.12 bits per heavy atom. The summed E-state index contributed by atoms with van der Waals surface area (Å²) in [5, 5.41) is 5.12. The molecular formula is C16H17N5O3. The van der Waals surface area contributed by atoms with E-state index in [-0.39, 0.29) is 19.6 Å². The molecule has 0 saturated carbocycles. The van der Waals surface area contributed by atoms with Gasteiger partial charge in [-0.25, -0.2) is 9.78 Å². The second kappa shape index (κ2) is 6.53. The first-order valence-corrected chi connectivity index (χ1v) is 7.49. The number of nitrogens with zero attached hydrogens (tertiary/aromatic N) is 3. The largest absolute Gasteiger partial charge is 0.350 e. The van der Waals surface area contributed by atoms with E-state index < -0.39 is 17.8 Å². The minimum atomic E-state index is -0.537. The summed E-state index contributed by atoms with van der Waals surface area (Å²) >= 11 is 0. The van der Waals surface area contributed by atoms with Crippen LogP contribution in [0, 0.1) is 6.92 Å². The van der Waals surface area contributed by atoms with Gasteiger partial charge in [0, 0.05) is 18.9 Å². The Balaban J connectivity index is 1.67. The third kappa shape index (κ3) is 3.12. The number of nitrogens with one attached hydrogen (secondary N) is 2. The SMILES string of the molecule is Cc1nccn1-c1ccccc1CNC(=O)CN1C(=O)CNC1=O. The third-order valence-electron chi connectivity index (χ3n) is 3.79. The van der Waals surface area contributed by atoms with Crippen molar-refractivity contribution in [1.82, 2.24) is 25.1 Å². The van der Waals surface area contributed by atoms with Gasteiger partial charge in [0.15, 0.2) is 0 Å². The first-order chi connectivity index (χ1) is 11.6. The molecule has 2 aromatic rings. The van der Waals surface area contributed by atoms with Crippen LogP contribution in [0.4, 0.5) is 4.79 Å². The molecule has 2 N–H and O–H groups in total. The Kier molecular flexibility index (Phi) is 4.28. The lowest BCUT2D eigenvalue weighted by Gasteiger charge is -2.14. The fourth-order valence-electron chi connectivity index (χ4n) is 2.54. The summed E-state index contributed by atoms with van der Waals surface area (Å²) in [6.45, 7) is 1.84. The Bertz CT molecular complexity index is 783. The molecule has 8 heteroatoms. The normalized spacial score (nSPS) is 14.0. The van der Waals surface area contributed by atoms with Crippen LogP contribution in [-0.2, 0) is 16.1 Å². The molecule has 0 aliphatic carbocycles. The van der Waals surface area contributed by atoms with E-state index in [0.29, 0.717) is 0 Å². The van der Waals surface area contributed by atoms with Crippen molar-refractivity contribution in [1.29, 1.82) is 0 Å². The lowest BCUT2D eigenvalue weighted by atomic mass is 10.1. The summed E-state index contributed by atoms with van der Waals surface area (Å²) in [4.78, 5) is 40.1.